The molecule has 16 heavy (non-hydrogen) atoms. The SMILES string of the molecule is CN(C)C(=O)NN=CC=NNC(=O)N(C)C. The van der Waals surface area contributed by atoms with Gasteiger partial charge >= 0.3 is 12.1 Å². The molecule has 0 fully saturated rings. The van der Waals surface area contributed by atoms with Crippen LogP contribution in [0.2, 0.25) is 0 Å². The zero-order chi connectivity index (χ0) is 12.6. The Morgan fingerprint density at radius 3 is 1.44 bits per heavy atom. The summed E-state index contributed by atoms with van der Waals surface area (Å²) in [6, 6.07) is -0.691. The predicted octanol–water partition coefficient (Wildman–Crippen LogP) is -0.500. The lowest BCUT2D eigenvalue weighted by molar-refractivity contribution is 0.217. The Kier molecular flexibility index (Phi) is 6.25. The molecule has 90 valence electrons. The molecule has 8 heteroatoms. The molecule has 0 aromatic carbocycles. The molecule has 0 saturated carbocycles. The van der Waals surface area contributed by atoms with E-state index in [0.29, 0.717) is 0 Å². The summed E-state index contributed by atoms with van der Waals surface area (Å²) < 4.78 is 0. The zero-order valence-electron chi connectivity index (χ0n) is 9.76. The van der Waals surface area contributed by atoms with E-state index in [1.807, 2.05) is 0 Å². The van der Waals surface area contributed by atoms with Gasteiger partial charge in [0.1, 0.15) is 0 Å². The van der Waals surface area contributed by atoms with Gasteiger partial charge in [0.15, 0.2) is 0 Å². The van der Waals surface area contributed by atoms with Crippen LogP contribution in [0.4, 0.5) is 9.59 Å². The fourth-order valence-electron chi connectivity index (χ4n) is 0.452. The number of hydrazone groups is 2. The average molecular weight is 228 g/mol. The quantitative estimate of drug-likeness (QED) is 0.503. The second kappa shape index (κ2) is 7.21. The van der Waals surface area contributed by atoms with Gasteiger partial charge in [0.25, 0.3) is 0 Å². The van der Waals surface area contributed by atoms with Crippen molar-refractivity contribution < 1.29 is 9.59 Å². The first kappa shape index (κ1) is 13.9. The van der Waals surface area contributed by atoms with E-state index >= 15 is 0 Å². The van der Waals surface area contributed by atoms with Gasteiger partial charge < -0.3 is 9.80 Å². The van der Waals surface area contributed by atoms with E-state index < -0.39 is 0 Å². The largest absolute Gasteiger partial charge is 0.337 e. The van der Waals surface area contributed by atoms with Crippen molar-refractivity contribution in [2.45, 2.75) is 0 Å². The summed E-state index contributed by atoms with van der Waals surface area (Å²) in [6.45, 7) is 0. The summed E-state index contributed by atoms with van der Waals surface area (Å²) in [5.41, 5.74) is 4.47. The van der Waals surface area contributed by atoms with Gasteiger partial charge in [-0.2, -0.15) is 10.2 Å². The molecule has 0 spiro atoms. The number of rotatable bonds is 3. The van der Waals surface area contributed by atoms with Gasteiger partial charge in [0.2, 0.25) is 0 Å². The minimum Gasteiger partial charge on any atom is -0.329 e. The van der Waals surface area contributed by atoms with Crippen LogP contribution in [0.5, 0.6) is 0 Å². The third-order valence-corrected chi connectivity index (χ3v) is 1.35. The van der Waals surface area contributed by atoms with Crippen LogP contribution < -0.4 is 10.9 Å². The van der Waals surface area contributed by atoms with Crippen LogP contribution in [0.15, 0.2) is 10.2 Å². The minimum atomic E-state index is -0.345. The van der Waals surface area contributed by atoms with Gasteiger partial charge in [-0.25, -0.2) is 20.4 Å². The van der Waals surface area contributed by atoms with E-state index in [1.54, 1.807) is 28.2 Å². The van der Waals surface area contributed by atoms with Crippen molar-refractivity contribution >= 4 is 24.5 Å². The molecule has 0 aliphatic rings. The number of carbonyl (C=O) groups is 2. The molecular formula is C8H16N6O2. The molecule has 0 atom stereocenters. The van der Waals surface area contributed by atoms with Crippen LogP contribution in [-0.2, 0) is 0 Å². The molecule has 0 saturated heterocycles. The van der Waals surface area contributed by atoms with Gasteiger partial charge in [0, 0.05) is 28.2 Å². The molecule has 0 bridgehead atoms. The highest BCUT2D eigenvalue weighted by molar-refractivity contribution is 6.16. The Bertz CT molecular complexity index is 267. The lowest BCUT2D eigenvalue weighted by Crippen LogP contribution is -2.31. The minimum absolute atomic E-state index is 0.345. The van der Waals surface area contributed by atoms with Crippen LogP contribution in [0.1, 0.15) is 0 Å². The molecule has 0 aromatic rings. The van der Waals surface area contributed by atoms with Crippen molar-refractivity contribution in [2.24, 2.45) is 10.2 Å². The monoisotopic (exact) mass is 228 g/mol. The maximum Gasteiger partial charge on any atom is 0.337 e. The number of urea groups is 2. The zero-order valence-corrected chi connectivity index (χ0v) is 9.76. The van der Waals surface area contributed by atoms with E-state index in [-0.39, 0.29) is 12.1 Å². The molecule has 0 aliphatic heterocycles. The summed E-state index contributed by atoms with van der Waals surface area (Å²) in [4.78, 5) is 24.6. The van der Waals surface area contributed by atoms with Crippen molar-refractivity contribution in [1.29, 1.82) is 0 Å². The van der Waals surface area contributed by atoms with E-state index in [9.17, 15) is 9.59 Å². The first-order valence-electron chi connectivity index (χ1n) is 4.44. The third-order valence-electron chi connectivity index (χ3n) is 1.35. The van der Waals surface area contributed by atoms with Crippen LogP contribution in [0, 0.1) is 0 Å². The Morgan fingerprint density at radius 1 is 0.875 bits per heavy atom. The highest BCUT2D eigenvalue weighted by Gasteiger charge is 1.98. The summed E-state index contributed by atoms with van der Waals surface area (Å²) in [5, 5.41) is 7.11. The van der Waals surface area contributed by atoms with Crippen LogP contribution in [0.25, 0.3) is 0 Å². The fourth-order valence-corrected chi connectivity index (χ4v) is 0.452. The summed E-state index contributed by atoms with van der Waals surface area (Å²) in [6.07, 6.45) is 2.49. The van der Waals surface area contributed by atoms with E-state index in [4.69, 9.17) is 0 Å². The van der Waals surface area contributed by atoms with E-state index in [0.717, 1.165) is 0 Å². The van der Waals surface area contributed by atoms with Crippen molar-refractivity contribution in [1.82, 2.24) is 20.7 Å². The van der Waals surface area contributed by atoms with Gasteiger partial charge in [-0.15, -0.1) is 0 Å². The number of amides is 4. The first-order chi connectivity index (χ1) is 7.45. The Labute approximate surface area is 94.0 Å². The number of nitrogens with one attached hydrogen (secondary N) is 2. The van der Waals surface area contributed by atoms with Crippen molar-refractivity contribution in [3.8, 4) is 0 Å². The van der Waals surface area contributed by atoms with Crippen LogP contribution in [0.3, 0.4) is 0 Å². The van der Waals surface area contributed by atoms with Gasteiger partial charge in [-0.05, 0) is 0 Å². The average Bonchev–Trinajstić information content (AvgIpc) is 2.21. The van der Waals surface area contributed by atoms with Gasteiger partial charge in [-0.1, -0.05) is 0 Å². The number of nitrogens with zero attached hydrogens (tertiary/aromatic N) is 4. The molecule has 0 heterocycles. The molecule has 4 amide bonds. The second-order valence-corrected chi connectivity index (χ2v) is 3.18. The number of carbonyl (C=O) groups excluding carboxylic acids is 2. The Morgan fingerprint density at radius 2 is 1.19 bits per heavy atom. The standard InChI is InChI=1S/C8H16N6O2/c1-13(2)7(15)11-9-5-6-10-12-8(16)14(3)4/h5-6H,1-4H3,(H,11,15)(H,12,16). The van der Waals surface area contributed by atoms with E-state index in [2.05, 4.69) is 21.1 Å². The van der Waals surface area contributed by atoms with Crippen molar-refractivity contribution in [3.05, 3.63) is 0 Å². The fraction of sp³-hybridized carbons (Fsp3) is 0.500. The summed E-state index contributed by atoms with van der Waals surface area (Å²) in [5.74, 6) is 0. The summed E-state index contributed by atoms with van der Waals surface area (Å²) >= 11 is 0. The lowest BCUT2D eigenvalue weighted by atomic mass is 10.8. The predicted molar refractivity (Wildman–Crippen MR) is 61.4 cm³/mol. The molecular weight excluding hydrogens is 212 g/mol. The topological polar surface area (TPSA) is 89.4 Å². The van der Waals surface area contributed by atoms with Crippen molar-refractivity contribution in [2.75, 3.05) is 28.2 Å². The Balaban J connectivity index is 3.80. The smallest absolute Gasteiger partial charge is 0.329 e. The lowest BCUT2D eigenvalue weighted by Gasteiger charge is -2.07. The summed E-state index contributed by atoms with van der Waals surface area (Å²) in [7, 11) is 6.37. The number of hydrogen-bond donors (Lipinski definition) is 2. The molecule has 0 aliphatic carbocycles. The first-order valence-corrected chi connectivity index (χ1v) is 4.44. The van der Waals surface area contributed by atoms with Gasteiger partial charge in [-0.3, -0.25) is 0 Å². The highest BCUT2D eigenvalue weighted by atomic mass is 16.2. The van der Waals surface area contributed by atoms with Crippen molar-refractivity contribution in [3.63, 3.8) is 0 Å². The van der Waals surface area contributed by atoms with Crippen LogP contribution in [-0.4, -0.2) is 62.5 Å². The molecule has 8 nitrogen and oxygen atoms in total. The molecule has 0 aromatic heterocycles. The second-order valence-electron chi connectivity index (χ2n) is 3.18. The Hall–Kier alpha value is -2.12. The molecule has 2 N–H and O–H groups in total. The molecule has 0 rings (SSSR count). The maximum atomic E-state index is 11.0. The third kappa shape index (κ3) is 6.35. The van der Waals surface area contributed by atoms with Crippen LogP contribution >= 0.6 is 0 Å². The number of hydrogen-bond acceptors (Lipinski definition) is 4. The molecule has 0 unspecified atom stereocenters. The normalized spacial score (nSPS) is 10.5. The van der Waals surface area contributed by atoms with Gasteiger partial charge in [0.05, 0.1) is 12.4 Å². The molecule has 0 radical (unpaired) electrons. The highest BCUT2D eigenvalue weighted by Crippen LogP contribution is 1.75. The maximum absolute atomic E-state index is 11.0. The van der Waals surface area contributed by atoms with E-state index in [1.165, 1.54) is 22.2 Å².